The Balaban J connectivity index is 0.00000208. The summed E-state index contributed by atoms with van der Waals surface area (Å²) in [6.45, 7) is 4.82. The van der Waals surface area contributed by atoms with E-state index in [1.807, 2.05) is 18.2 Å². The van der Waals surface area contributed by atoms with E-state index in [9.17, 15) is 0 Å². The van der Waals surface area contributed by atoms with Gasteiger partial charge in [0.2, 0.25) is 0 Å². The van der Waals surface area contributed by atoms with Crippen molar-refractivity contribution in [2.75, 3.05) is 26.2 Å². The Hall–Kier alpha value is -1.26. The molecule has 2 aromatic rings. The van der Waals surface area contributed by atoms with Crippen molar-refractivity contribution in [3.8, 4) is 0 Å². The van der Waals surface area contributed by atoms with Crippen LogP contribution in [0.15, 0.2) is 53.6 Å². The third-order valence-electron chi connectivity index (χ3n) is 3.95. The van der Waals surface area contributed by atoms with Crippen molar-refractivity contribution in [3.63, 3.8) is 0 Å². The van der Waals surface area contributed by atoms with E-state index in [1.54, 1.807) is 6.21 Å². The van der Waals surface area contributed by atoms with Crippen LogP contribution in [0.25, 0.3) is 0 Å². The average molecular weight is 385 g/mol. The molecule has 1 heterocycles. The van der Waals surface area contributed by atoms with Gasteiger partial charge in [0.05, 0.1) is 16.3 Å². The van der Waals surface area contributed by atoms with Crippen LogP contribution in [0.3, 0.4) is 0 Å². The van der Waals surface area contributed by atoms with E-state index in [1.165, 1.54) is 5.56 Å². The first-order valence-corrected chi connectivity index (χ1v) is 8.47. The Kier molecular flexibility index (Phi) is 7.38. The summed E-state index contributed by atoms with van der Waals surface area (Å²) in [5.74, 6) is 0. The van der Waals surface area contributed by atoms with Crippen molar-refractivity contribution in [3.05, 3.63) is 69.7 Å². The van der Waals surface area contributed by atoms with Gasteiger partial charge in [0.1, 0.15) is 0 Å². The molecule has 128 valence electrons. The minimum atomic E-state index is 0. The smallest absolute Gasteiger partial charge is 0.0572 e. The van der Waals surface area contributed by atoms with Gasteiger partial charge in [0.15, 0.2) is 0 Å². The molecular weight excluding hydrogens is 365 g/mol. The lowest BCUT2D eigenvalue weighted by molar-refractivity contribution is 0.131. The molecule has 0 bridgehead atoms. The molecule has 1 saturated heterocycles. The molecule has 0 N–H and O–H groups in total. The Morgan fingerprint density at radius 2 is 1.50 bits per heavy atom. The normalized spacial score (nSPS) is 15.5. The predicted molar refractivity (Wildman–Crippen MR) is 105 cm³/mol. The van der Waals surface area contributed by atoms with E-state index in [2.05, 4.69) is 45.3 Å². The van der Waals surface area contributed by atoms with E-state index in [0.717, 1.165) is 38.3 Å². The van der Waals surface area contributed by atoms with Crippen molar-refractivity contribution in [2.24, 2.45) is 5.10 Å². The molecule has 0 radical (unpaired) electrons. The molecule has 3 nitrogen and oxygen atoms in total. The molecule has 0 aromatic heterocycles. The number of hydrogen-bond donors (Lipinski definition) is 0. The SMILES string of the molecule is Cl.Clc1cccc(Cl)c1/C=N\N1CCN(Cc2ccccc2)CC1. The van der Waals surface area contributed by atoms with Crippen molar-refractivity contribution in [1.82, 2.24) is 9.91 Å². The fourth-order valence-electron chi connectivity index (χ4n) is 2.63. The fourth-order valence-corrected chi connectivity index (χ4v) is 3.12. The van der Waals surface area contributed by atoms with Gasteiger partial charge in [0, 0.05) is 38.3 Å². The maximum Gasteiger partial charge on any atom is 0.0572 e. The number of hydrogen-bond acceptors (Lipinski definition) is 3. The molecule has 0 amide bonds. The molecule has 24 heavy (non-hydrogen) atoms. The second kappa shape index (κ2) is 9.28. The Labute approximate surface area is 159 Å². The first kappa shape index (κ1) is 19.1. The first-order valence-electron chi connectivity index (χ1n) is 7.71. The minimum absolute atomic E-state index is 0. The van der Waals surface area contributed by atoms with Crippen LogP contribution in [0.1, 0.15) is 11.1 Å². The molecule has 3 rings (SSSR count). The first-order chi connectivity index (χ1) is 11.2. The standard InChI is InChI=1S/C18H19Cl2N3.ClH/c19-17-7-4-8-18(20)16(17)13-21-23-11-9-22(10-12-23)14-15-5-2-1-3-6-15;/h1-8,13H,9-12,14H2;1H/b21-13-;. The number of hydrazone groups is 1. The van der Waals surface area contributed by atoms with Gasteiger partial charge in [-0.3, -0.25) is 9.91 Å². The summed E-state index contributed by atoms with van der Waals surface area (Å²) in [4.78, 5) is 2.45. The highest BCUT2D eigenvalue weighted by Gasteiger charge is 2.15. The number of halogens is 3. The highest BCUT2D eigenvalue weighted by molar-refractivity contribution is 6.38. The van der Waals surface area contributed by atoms with Crippen LogP contribution in [-0.2, 0) is 6.54 Å². The molecule has 2 aromatic carbocycles. The van der Waals surface area contributed by atoms with E-state index >= 15 is 0 Å². The van der Waals surface area contributed by atoms with Crippen molar-refractivity contribution < 1.29 is 0 Å². The number of piperazine rings is 1. The summed E-state index contributed by atoms with van der Waals surface area (Å²) in [6, 6.07) is 16.1. The molecule has 0 saturated carbocycles. The topological polar surface area (TPSA) is 18.8 Å². The summed E-state index contributed by atoms with van der Waals surface area (Å²) in [7, 11) is 0. The Morgan fingerprint density at radius 3 is 2.12 bits per heavy atom. The second-order valence-corrected chi connectivity index (χ2v) is 6.41. The van der Waals surface area contributed by atoms with Gasteiger partial charge in [-0.2, -0.15) is 5.10 Å². The largest absolute Gasteiger partial charge is 0.295 e. The Bertz CT molecular complexity index is 648. The summed E-state index contributed by atoms with van der Waals surface area (Å²) in [6.07, 6.45) is 1.76. The zero-order chi connectivity index (χ0) is 16.1. The highest BCUT2D eigenvalue weighted by Crippen LogP contribution is 2.22. The van der Waals surface area contributed by atoms with Gasteiger partial charge in [-0.1, -0.05) is 59.6 Å². The molecule has 1 fully saturated rings. The maximum absolute atomic E-state index is 6.16. The number of benzene rings is 2. The lowest BCUT2D eigenvalue weighted by atomic mass is 10.2. The van der Waals surface area contributed by atoms with Crippen LogP contribution in [-0.4, -0.2) is 42.3 Å². The summed E-state index contributed by atoms with van der Waals surface area (Å²) < 4.78 is 0. The minimum Gasteiger partial charge on any atom is -0.295 e. The van der Waals surface area contributed by atoms with Gasteiger partial charge in [-0.05, 0) is 17.7 Å². The lowest BCUT2D eigenvalue weighted by Gasteiger charge is -2.33. The summed E-state index contributed by atoms with van der Waals surface area (Å²) >= 11 is 12.3. The number of rotatable bonds is 4. The quantitative estimate of drug-likeness (QED) is 0.719. The maximum atomic E-state index is 6.16. The van der Waals surface area contributed by atoms with Crippen LogP contribution < -0.4 is 0 Å². The molecule has 1 aliphatic heterocycles. The third kappa shape index (κ3) is 5.12. The van der Waals surface area contributed by atoms with Crippen LogP contribution in [0.5, 0.6) is 0 Å². The van der Waals surface area contributed by atoms with Gasteiger partial charge >= 0.3 is 0 Å². The monoisotopic (exact) mass is 383 g/mol. The van der Waals surface area contributed by atoms with Gasteiger partial charge in [0.25, 0.3) is 0 Å². The molecule has 0 spiro atoms. The fraction of sp³-hybridized carbons (Fsp3) is 0.278. The van der Waals surface area contributed by atoms with Gasteiger partial charge in [-0.15, -0.1) is 12.4 Å². The summed E-state index contributed by atoms with van der Waals surface area (Å²) in [5, 5.41) is 7.86. The van der Waals surface area contributed by atoms with Crippen molar-refractivity contribution >= 4 is 41.8 Å². The van der Waals surface area contributed by atoms with Gasteiger partial charge in [-0.25, -0.2) is 0 Å². The highest BCUT2D eigenvalue weighted by atomic mass is 35.5. The van der Waals surface area contributed by atoms with Crippen LogP contribution >= 0.6 is 35.6 Å². The predicted octanol–water partition coefficient (Wildman–Crippen LogP) is 4.57. The van der Waals surface area contributed by atoms with Crippen LogP contribution in [0.4, 0.5) is 0 Å². The lowest BCUT2D eigenvalue weighted by Crippen LogP contribution is -2.43. The Morgan fingerprint density at radius 1 is 0.875 bits per heavy atom. The van der Waals surface area contributed by atoms with Crippen molar-refractivity contribution in [2.45, 2.75) is 6.54 Å². The molecule has 0 unspecified atom stereocenters. The zero-order valence-electron chi connectivity index (χ0n) is 13.2. The van der Waals surface area contributed by atoms with Gasteiger partial charge < -0.3 is 0 Å². The van der Waals surface area contributed by atoms with E-state index in [-0.39, 0.29) is 12.4 Å². The number of nitrogens with zero attached hydrogens (tertiary/aromatic N) is 3. The average Bonchev–Trinajstić information content (AvgIpc) is 2.57. The molecule has 1 aliphatic rings. The van der Waals surface area contributed by atoms with Crippen molar-refractivity contribution in [1.29, 1.82) is 0 Å². The molecule has 0 atom stereocenters. The second-order valence-electron chi connectivity index (χ2n) is 5.60. The van der Waals surface area contributed by atoms with E-state index in [0.29, 0.717) is 10.0 Å². The van der Waals surface area contributed by atoms with E-state index < -0.39 is 0 Å². The molecule has 0 aliphatic carbocycles. The zero-order valence-corrected chi connectivity index (χ0v) is 15.6. The molecular formula is C18H20Cl3N3. The summed E-state index contributed by atoms with van der Waals surface area (Å²) in [5.41, 5.74) is 2.13. The van der Waals surface area contributed by atoms with Crippen LogP contribution in [0.2, 0.25) is 10.0 Å². The molecule has 6 heteroatoms. The van der Waals surface area contributed by atoms with E-state index in [4.69, 9.17) is 23.2 Å². The van der Waals surface area contributed by atoms with Crippen LogP contribution in [0, 0.1) is 0 Å². The third-order valence-corrected chi connectivity index (χ3v) is 4.61.